The topological polar surface area (TPSA) is 92.8 Å². The predicted octanol–water partition coefficient (Wildman–Crippen LogP) is 2.37. The van der Waals surface area contributed by atoms with Gasteiger partial charge in [-0.2, -0.15) is 0 Å². The fraction of sp³-hybridized carbons (Fsp3) is 0.238. The van der Waals surface area contributed by atoms with E-state index in [1.165, 1.54) is 36.2 Å². The molecule has 0 heterocycles. The standard InChI is InChI=1S/C21H22N2O5/c1-14-5-4-6-15(2)20(14)22-18(25)11-23(3)19(26)13-28-21(27)17-9-7-16(12-24)8-10-17/h4-10,12H,11,13H2,1-3H3,(H,22,25). The van der Waals surface area contributed by atoms with E-state index in [-0.39, 0.29) is 18.0 Å². The molecule has 0 bridgehead atoms. The van der Waals surface area contributed by atoms with Gasteiger partial charge in [-0.3, -0.25) is 14.4 Å². The fourth-order valence-electron chi connectivity index (χ4n) is 2.51. The Morgan fingerprint density at radius 3 is 2.21 bits per heavy atom. The predicted molar refractivity (Wildman–Crippen MR) is 104 cm³/mol. The second-order valence-corrected chi connectivity index (χ2v) is 6.38. The van der Waals surface area contributed by atoms with Crippen LogP contribution in [-0.2, 0) is 14.3 Å². The summed E-state index contributed by atoms with van der Waals surface area (Å²) in [7, 11) is 1.46. The summed E-state index contributed by atoms with van der Waals surface area (Å²) in [4.78, 5) is 48.1. The number of anilines is 1. The van der Waals surface area contributed by atoms with Crippen LogP contribution in [-0.4, -0.2) is 49.2 Å². The second kappa shape index (κ2) is 9.45. The minimum Gasteiger partial charge on any atom is -0.452 e. The summed E-state index contributed by atoms with van der Waals surface area (Å²) in [6.07, 6.45) is 0.664. The number of rotatable bonds is 7. The van der Waals surface area contributed by atoms with Gasteiger partial charge in [0.2, 0.25) is 5.91 Å². The Hall–Kier alpha value is -3.48. The van der Waals surface area contributed by atoms with E-state index < -0.39 is 18.5 Å². The van der Waals surface area contributed by atoms with Crippen LogP contribution in [0.5, 0.6) is 0 Å². The molecule has 28 heavy (non-hydrogen) atoms. The molecule has 0 unspecified atom stereocenters. The van der Waals surface area contributed by atoms with Gasteiger partial charge in [-0.25, -0.2) is 4.79 Å². The summed E-state index contributed by atoms with van der Waals surface area (Å²) in [6, 6.07) is 11.5. The summed E-state index contributed by atoms with van der Waals surface area (Å²) in [6.45, 7) is 3.12. The van der Waals surface area contributed by atoms with Crippen molar-refractivity contribution in [1.29, 1.82) is 0 Å². The van der Waals surface area contributed by atoms with Crippen molar-refractivity contribution >= 4 is 29.8 Å². The highest BCUT2D eigenvalue weighted by Gasteiger charge is 2.17. The first-order valence-electron chi connectivity index (χ1n) is 8.64. The van der Waals surface area contributed by atoms with Gasteiger partial charge in [-0.1, -0.05) is 30.3 Å². The number of aldehydes is 1. The first-order valence-corrected chi connectivity index (χ1v) is 8.64. The number of likely N-dealkylation sites (N-methyl/N-ethyl adjacent to an activating group) is 1. The van der Waals surface area contributed by atoms with Gasteiger partial charge in [-0.15, -0.1) is 0 Å². The minimum absolute atomic E-state index is 0.168. The molecule has 2 rings (SSSR count). The van der Waals surface area contributed by atoms with E-state index in [0.29, 0.717) is 11.8 Å². The molecule has 7 heteroatoms. The molecule has 0 aromatic heterocycles. The average molecular weight is 382 g/mol. The molecule has 1 N–H and O–H groups in total. The zero-order valence-corrected chi connectivity index (χ0v) is 16.0. The lowest BCUT2D eigenvalue weighted by Crippen LogP contribution is -2.37. The van der Waals surface area contributed by atoms with Gasteiger partial charge in [0, 0.05) is 18.3 Å². The van der Waals surface area contributed by atoms with E-state index in [1.54, 1.807) is 0 Å². The van der Waals surface area contributed by atoms with E-state index in [1.807, 2.05) is 32.0 Å². The number of hydrogen-bond donors (Lipinski definition) is 1. The molecule has 0 saturated heterocycles. The number of esters is 1. The Bertz CT molecular complexity index is 870. The number of nitrogens with one attached hydrogen (secondary N) is 1. The van der Waals surface area contributed by atoms with E-state index in [4.69, 9.17) is 4.74 Å². The molecule has 0 saturated carbocycles. The normalized spacial score (nSPS) is 10.1. The van der Waals surface area contributed by atoms with Crippen LogP contribution in [0.4, 0.5) is 5.69 Å². The van der Waals surface area contributed by atoms with E-state index in [2.05, 4.69) is 5.32 Å². The third kappa shape index (κ3) is 5.51. The highest BCUT2D eigenvalue weighted by Crippen LogP contribution is 2.19. The first-order chi connectivity index (χ1) is 13.3. The molecule has 7 nitrogen and oxygen atoms in total. The molecule has 0 fully saturated rings. The number of ether oxygens (including phenoxy) is 1. The Morgan fingerprint density at radius 1 is 1.04 bits per heavy atom. The molecule has 0 aliphatic rings. The lowest BCUT2D eigenvalue weighted by molar-refractivity contribution is -0.136. The quantitative estimate of drug-likeness (QED) is 0.586. The smallest absolute Gasteiger partial charge is 0.338 e. The van der Waals surface area contributed by atoms with E-state index in [0.717, 1.165) is 16.8 Å². The van der Waals surface area contributed by atoms with Gasteiger partial charge in [0.15, 0.2) is 6.61 Å². The maximum Gasteiger partial charge on any atom is 0.338 e. The molecule has 0 spiro atoms. The molecule has 0 aliphatic heterocycles. The van der Waals surface area contributed by atoms with Gasteiger partial charge in [0.05, 0.1) is 12.1 Å². The van der Waals surface area contributed by atoms with Crippen LogP contribution in [0.25, 0.3) is 0 Å². The maximum atomic E-state index is 12.2. The van der Waals surface area contributed by atoms with Gasteiger partial charge >= 0.3 is 5.97 Å². The van der Waals surface area contributed by atoms with Gasteiger partial charge < -0.3 is 15.0 Å². The van der Waals surface area contributed by atoms with Crippen LogP contribution in [0.1, 0.15) is 31.8 Å². The number of benzene rings is 2. The molecular weight excluding hydrogens is 360 g/mol. The monoisotopic (exact) mass is 382 g/mol. The number of amides is 2. The van der Waals surface area contributed by atoms with Crippen molar-refractivity contribution in [2.75, 3.05) is 25.5 Å². The largest absolute Gasteiger partial charge is 0.452 e. The molecular formula is C21H22N2O5. The Morgan fingerprint density at radius 2 is 1.64 bits per heavy atom. The molecule has 2 amide bonds. The van der Waals surface area contributed by atoms with Gasteiger partial charge in [0.1, 0.15) is 6.29 Å². The van der Waals surface area contributed by atoms with Crippen LogP contribution in [0.2, 0.25) is 0 Å². The third-order valence-corrected chi connectivity index (χ3v) is 4.16. The summed E-state index contributed by atoms with van der Waals surface area (Å²) < 4.78 is 4.97. The van der Waals surface area contributed by atoms with Crippen molar-refractivity contribution < 1.29 is 23.9 Å². The van der Waals surface area contributed by atoms with Crippen LogP contribution in [0, 0.1) is 13.8 Å². The zero-order valence-electron chi connectivity index (χ0n) is 16.0. The minimum atomic E-state index is -0.681. The summed E-state index contributed by atoms with van der Waals surface area (Å²) in [5.41, 5.74) is 3.24. The average Bonchev–Trinajstić information content (AvgIpc) is 2.68. The Balaban J connectivity index is 1.85. The lowest BCUT2D eigenvalue weighted by atomic mass is 10.1. The number of hydrogen-bond acceptors (Lipinski definition) is 5. The number of aryl methyl sites for hydroxylation is 2. The SMILES string of the molecule is Cc1cccc(C)c1NC(=O)CN(C)C(=O)COC(=O)c1ccc(C=O)cc1. The van der Waals surface area contributed by atoms with Crippen molar-refractivity contribution in [3.8, 4) is 0 Å². The van der Waals surface area contributed by atoms with Crippen LogP contribution < -0.4 is 5.32 Å². The van der Waals surface area contributed by atoms with Crippen LogP contribution >= 0.6 is 0 Å². The Labute approximate surface area is 163 Å². The number of nitrogens with zero attached hydrogens (tertiary/aromatic N) is 1. The summed E-state index contributed by atoms with van der Waals surface area (Å²) in [5.74, 6) is -1.53. The maximum absolute atomic E-state index is 12.2. The second-order valence-electron chi connectivity index (χ2n) is 6.38. The molecule has 0 atom stereocenters. The number of carbonyl (C=O) groups is 4. The van der Waals surface area contributed by atoms with Crippen molar-refractivity contribution in [3.63, 3.8) is 0 Å². The van der Waals surface area contributed by atoms with Gasteiger partial charge in [0.25, 0.3) is 5.91 Å². The zero-order chi connectivity index (χ0) is 20.7. The number of carbonyl (C=O) groups excluding carboxylic acids is 4. The van der Waals surface area contributed by atoms with Crippen LogP contribution in [0.3, 0.4) is 0 Å². The highest BCUT2D eigenvalue weighted by molar-refractivity contribution is 5.96. The summed E-state index contributed by atoms with van der Waals surface area (Å²) in [5, 5.41) is 2.80. The highest BCUT2D eigenvalue weighted by atomic mass is 16.5. The molecule has 2 aromatic rings. The van der Waals surface area contributed by atoms with Crippen molar-refractivity contribution in [2.45, 2.75) is 13.8 Å². The van der Waals surface area contributed by atoms with Gasteiger partial charge in [-0.05, 0) is 37.1 Å². The molecule has 2 aromatic carbocycles. The number of para-hydroxylation sites is 1. The fourth-order valence-corrected chi connectivity index (χ4v) is 2.51. The Kier molecular flexibility index (Phi) is 7.03. The third-order valence-electron chi connectivity index (χ3n) is 4.16. The van der Waals surface area contributed by atoms with Crippen molar-refractivity contribution in [2.24, 2.45) is 0 Å². The molecule has 0 radical (unpaired) electrons. The lowest BCUT2D eigenvalue weighted by Gasteiger charge is -2.18. The molecule has 146 valence electrons. The molecule has 0 aliphatic carbocycles. The van der Waals surface area contributed by atoms with Crippen LogP contribution in [0.15, 0.2) is 42.5 Å². The van der Waals surface area contributed by atoms with Crippen molar-refractivity contribution in [3.05, 3.63) is 64.7 Å². The summed E-state index contributed by atoms with van der Waals surface area (Å²) >= 11 is 0. The van der Waals surface area contributed by atoms with Crippen molar-refractivity contribution in [1.82, 2.24) is 4.90 Å². The first kappa shape index (κ1) is 20.8. The van der Waals surface area contributed by atoms with E-state index >= 15 is 0 Å². The van der Waals surface area contributed by atoms with E-state index in [9.17, 15) is 19.2 Å².